The van der Waals surface area contributed by atoms with E-state index in [-0.39, 0.29) is 11.1 Å². The van der Waals surface area contributed by atoms with Gasteiger partial charge >= 0.3 is 0 Å². The molecule has 0 aliphatic rings. The Hall–Kier alpha value is -3.55. The predicted octanol–water partition coefficient (Wildman–Crippen LogP) is 6.36. The fraction of sp³-hybridized carbons (Fsp3) is 0.115. The fourth-order valence-corrected chi connectivity index (χ4v) is 3.85. The van der Waals surface area contributed by atoms with Crippen LogP contribution in [0.1, 0.15) is 15.9 Å². The SMILES string of the molecule is CSNc1ncc(-c2cccc(C(=O)Nc3ccc(OCCc4ccccc4)cc3)c2)nc1Cl. The number of benzene rings is 3. The van der Waals surface area contributed by atoms with Crippen LogP contribution in [0.2, 0.25) is 5.15 Å². The highest BCUT2D eigenvalue weighted by molar-refractivity contribution is 7.99. The molecule has 4 rings (SSSR count). The van der Waals surface area contributed by atoms with Crippen molar-refractivity contribution >= 4 is 41.0 Å². The molecule has 1 heterocycles. The highest BCUT2D eigenvalue weighted by Gasteiger charge is 2.11. The summed E-state index contributed by atoms with van der Waals surface area (Å²) in [5.74, 6) is 1.03. The number of hydrogen-bond donors (Lipinski definition) is 2. The third-order valence-corrected chi connectivity index (χ3v) is 5.62. The molecule has 34 heavy (non-hydrogen) atoms. The number of hydrogen-bond acceptors (Lipinski definition) is 6. The number of halogens is 1. The van der Waals surface area contributed by atoms with Gasteiger partial charge in [0.1, 0.15) is 5.75 Å². The Bertz CT molecular complexity index is 1250. The van der Waals surface area contributed by atoms with E-state index in [0.717, 1.165) is 17.7 Å². The summed E-state index contributed by atoms with van der Waals surface area (Å²) in [6.45, 7) is 0.587. The number of carbonyl (C=O) groups is 1. The van der Waals surface area contributed by atoms with Crippen LogP contribution in [0.3, 0.4) is 0 Å². The molecule has 0 unspecified atom stereocenters. The van der Waals surface area contributed by atoms with Gasteiger partial charge in [-0.25, -0.2) is 9.97 Å². The average molecular weight is 491 g/mol. The lowest BCUT2D eigenvalue weighted by Gasteiger charge is -2.10. The van der Waals surface area contributed by atoms with Gasteiger partial charge < -0.3 is 14.8 Å². The zero-order chi connectivity index (χ0) is 23.8. The van der Waals surface area contributed by atoms with Gasteiger partial charge in [-0.05, 0) is 42.0 Å². The molecule has 172 valence electrons. The van der Waals surface area contributed by atoms with Gasteiger partial charge in [0.2, 0.25) is 0 Å². The van der Waals surface area contributed by atoms with Crippen LogP contribution >= 0.6 is 23.5 Å². The van der Waals surface area contributed by atoms with E-state index in [2.05, 4.69) is 32.1 Å². The Morgan fingerprint density at radius 2 is 1.82 bits per heavy atom. The standard InChI is InChI=1S/C26H23ClN4O2S/c1-34-31-25-24(27)30-23(17-28-25)19-8-5-9-20(16-19)26(32)29-21-10-12-22(13-11-21)33-15-14-18-6-3-2-4-7-18/h2-13,16-17H,14-15H2,1H3,(H,28,31)(H,29,32). The topological polar surface area (TPSA) is 76.1 Å². The molecular formula is C26H23ClN4O2S. The second-order valence-corrected chi connectivity index (χ2v) is 8.31. The largest absolute Gasteiger partial charge is 0.493 e. The number of anilines is 2. The number of aromatic nitrogens is 2. The van der Waals surface area contributed by atoms with Gasteiger partial charge in [0.25, 0.3) is 5.91 Å². The lowest BCUT2D eigenvalue weighted by molar-refractivity contribution is 0.102. The first-order valence-corrected chi connectivity index (χ1v) is 12.2. The van der Waals surface area contributed by atoms with Crippen LogP contribution in [0.25, 0.3) is 11.3 Å². The van der Waals surface area contributed by atoms with Crippen LogP contribution in [0.15, 0.2) is 85.1 Å². The second-order valence-electron chi connectivity index (χ2n) is 7.34. The number of rotatable bonds is 9. The van der Waals surface area contributed by atoms with Gasteiger partial charge in [-0.1, -0.05) is 66.0 Å². The average Bonchev–Trinajstić information content (AvgIpc) is 2.87. The molecule has 0 radical (unpaired) electrons. The van der Waals surface area contributed by atoms with Crippen LogP contribution in [0.4, 0.5) is 11.5 Å². The molecule has 0 saturated heterocycles. The van der Waals surface area contributed by atoms with Crippen molar-refractivity contribution < 1.29 is 9.53 Å². The van der Waals surface area contributed by atoms with E-state index >= 15 is 0 Å². The summed E-state index contributed by atoms with van der Waals surface area (Å²) in [5.41, 5.74) is 3.75. The monoisotopic (exact) mass is 490 g/mol. The van der Waals surface area contributed by atoms with Crippen LogP contribution < -0.4 is 14.8 Å². The molecule has 3 aromatic carbocycles. The van der Waals surface area contributed by atoms with Crippen molar-refractivity contribution in [1.82, 2.24) is 9.97 Å². The van der Waals surface area contributed by atoms with E-state index in [1.54, 1.807) is 24.4 Å². The van der Waals surface area contributed by atoms with E-state index in [0.29, 0.717) is 29.4 Å². The molecule has 0 spiro atoms. The Balaban J connectivity index is 1.37. The summed E-state index contributed by atoms with van der Waals surface area (Å²) in [6.07, 6.45) is 4.33. The zero-order valence-electron chi connectivity index (χ0n) is 18.5. The molecule has 8 heteroatoms. The van der Waals surface area contributed by atoms with Crippen LogP contribution in [-0.4, -0.2) is 28.7 Å². The molecule has 0 bridgehead atoms. The van der Waals surface area contributed by atoms with Gasteiger partial charge in [-0.15, -0.1) is 0 Å². The van der Waals surface area contributed by atoms with E-state index < -0.39 is 0 Å². The summed E-state index contributed by atoms with van der Waals surface area (Å²) in [7, 11) is 0. The molecular weight excluding hydrogens is 468 g/mol. The Labute approximate surface area is 207 Å². The summed E-state index contributed by atoms with van der Waals surface area (Å²) in [4.78, 5) is 21.5. The third-order valence-electron chi connectivity index (χ3n) is 4.96. The zero-order valence-corrected chi connectivity index (χ0v) is 20.1. The van der Waals surface area contributed by atoms with Crippen molar-refractivity contribution in [3.05, 3.63) is 101 Å². The van der Waals surface area contributed by atoms with E-state index in [1.807, 2.05) is 54.8 Å². The first kappa shape index (κ1) is 23.6. The lowest BCUT2D eigenvalue weighted by Crippen LogP contribution is -2.12. The summed E-state index contributed by atoms with van der Waals surface area (Å²) < 4.78 is 8.78. The minimum absolute atomic E-state index is 0.223. The maximum absolute atomic E-state index is 12.8. The van der Waals surface area contributed by atoms with Crippen molar-refractivity contribution in [3.63, 3.8) is 0 Å². The number of ether oxygens (including phenoxy) is 1. The van der Waals surface area contributed by atoms with Crippen LogP contribution in [0.5, 0.6) is 5.75 Å². The summed E-state index contributed by atoms with van der Waals surface area (Å²) in [5, 5.41) is 3.19. The molecule has 0 aliphatic carbocycles. The summed E-state index contributed by atoms with van der Waals surface area (Å²) in [6, 6.07) is 24.7. The van der Waals surface area contributed by atoms with E-state index in [1.165, 1.54) is 17.5 Å². The Morgan fingerprint density at radius 3 is 2.56 bits per heavy atom. The van der Waals surface area contributed by atoms with Crippen LogP contribution in [-0.2, 0) is 6.42 Å². The van der Waals surface area contributed by atoms with Crippen LogP contribution in [0, 0.1) is 0 Å². The van der Waals surface area contributed by atoms with Crippen molar-refractivity contribution in [2.24, 2.45) is 0 Å². The molecule has 0 fully saturated rings. The van der Waals surface area contributed by atoms with Crippen molar-refractivity contribution in [2.45, 2.75) is 6.42 Å². The van der Waals surface area contributed by atoms with Crippen molar-refractivity contribution in [1.29, 1.82) is 0 Å². The fourth-order valence-electron chi connectivity index (χ4n) is 3.26. The number of carbonyl (C=O) groups excluding carboxylic acids is 1. The molecule has 2 N–H and O–H groups in total. The number of nitrogens with one attached hydrogen (secondary N) is 2. The molecule has 1 aromatic heterocycles. The number of nitrogens with zero attached hydrogens (tertiary/aromatic N) is 2. The lowest BCUT2D eigenvalue weighted by atomic mass is 10.1. The predicted molar refractivity (Wildman–Crippen MR) is 140 cm³/mol. The first-order valence-electron chi connectivity index (χ1n) is 10.6. The molecule has 0 saturated carbocycles. The maximum Gasteiger partial charge on any atom is 0.255 e. The molecule has 6 nitrogen and oxygen atoms in total. The van der Waals surface area contributed by atoms with E-state index in [9.17, 15) is 4.79 Å². The quantitative estimate of drug-likeness (QED) is 0.266. The Kier molecular flexibility index (Phi) is 8.01. The Morgan fingerprint density at radius 1 is 1.03 bits per heavy atom. The highest BCUT2D eigenvalue weighted by atomic mass is 35.5. The third kappa shape index (κ3) is 6.27. The smallest absolute Gasteiger partial charge is 0.255 e. The van der Waals surface area contributed by atoms with Gasteiger partial charge in [-0.2, -0.15) is 0 Å². The van der Waals surface area contributed by atoms with Gasteiger partial charge in [-0.3, -0.25) is 4.79 Å². The number of amides is 1. The van der Waals surface area contributed by atoms with Gasteiger partial charge in [0.15, 0.2) is 11.0 Å². The maximum atomic E-state index is 12.8. The second kappa shape index (κ2) is 11.5. The molecule has 0 atom stereocenters. The summed E-state index contributed by atoms with van der Waals surface area (Å²) >= 11 is 7.59. The van der Waals surface area contributed by atoms with Crippen molar-refractivity contribution in [3.8, 4) is 17.0 Å². The molecule has 4 aromatic rings. The van der Waals surface area contributed by atoms with E-state index in [4.69, 9.17) is 16.3 Å². The minimum Gasteiger partial charge on any atom is -0.493 e. The van der Waals surface area contributed by atoms with Gasteiger partial charge in [0, 0.05) is 29.5 Å². The van der Waals surface area contributed by atoms with Crippen molar-refractivity contribution in [2.75, 3.05) is 22.9 Å². The highest BCUT2D eigenvalue weighted by Crippen LogP contribution is 2.25. The molecule has 0 aliphatic heterocycles. The first-order chi connectivity index (χ1) is 16.6. The molecule has 1 amide bonds. The minimum atomic E-state index is -0.223. The normalized spacial score (nSPS) is 10.5. The van der Waals surface area contributed by atoms with Gasteiger partial charge in [0.05, 0.1) is 18.5 Å².